The molecular formula is C21H23N5OS. The summed E-state index contributed by atoms with van der Waals surface area (Å²) in [5, 5.41) is 9.75. The van der Waals surface area contributed by atoms with Crippen LogP contribution < -0.4 is 0 Å². The van der Waals surface area contributed by atoms with E-state index in [9.17, 15) is 4.79 Å². The van der Waals surface area contributed by atoms with Gasteiger partial charge < -0.3 is 4.90 Å². The highest BCUT2D eigenvalue weighted by Gasteiger charge is 2.31. The summed E-state index contributed by atoms with van der Waals surface area (Å²) < 4.78 is 0. The number of nitrogens with zero attached hydrogens (tertiary/aromatic N) is 5. The summed E-state index contributed by atoms with van der Waals surface area (Å²) in [4.78, 5) is 21.4. The van der Waals surface area contributed by atoms with Crippen molar-refractivity contribution in [2.24, 2.45) is 0 Å². The number of thioether (sulfide) groups is 1. The largest absolute Gasteiger partial charge is 0.335 e. The number of carbonyl (C=O) groups excluding carboxylic acids is 1. The van der Waals surface area contributed by atoms with Gasteiger partial charge in [-0.1, -0.05) is 12.1 Å². The zero-order chi connectivity index (χ0) is 19.5. The summed E-state index contributed by atoms with van der Waals surface area (Å²) >= 11 is 1.76. The fraction of sp³-hybridized carbons (Fsp3) is 0.333. The first-order chi connectivity index (χ1) is 13.6. The second-order valence-corrected chi connectivity index (χ2v) is 8.45. The molecule has 0 bridgehead atoms. The molecule has 1 aliphatic rings. The number of para-hydroxylation sites is 1. The molecule has 1 aliphatic heterocycles. The molecule has 0 saturated carbocycles. The Labute approximate surface area is 169 Å². The fourth-order valence-electron chi connectivity index (χ4n) is 3.52. The quantitative estimate of drug-likeness (QED) is 0.675. The Balaban J connectivity index is 1.55. The molecule has 6 nitrogen and oxygen atoms in total. The summed E-state index contributed by atoms with van der Waals surface area (Å²) in [5.41, 5.74) is 2.54. The number of aromatic nitrogens is 4. The summed E-state index contributed by atoms with van der Waals surface area (Å²) in [5.74, 6) is 0.0305. The minimum Gasteiger partial charge on any atom is -0.335 e. The van der Waals surface area contributed by atoms with Crippen molar-refractivity contribution >= 4 is 17.7 Å². The van der Waals surface area contributed by atoms with Gasteiger partial charge in [0, 0.05) is 24.0 Å². The van der Waals surface area contributed by atoms with E-state index < -0.39 is 0 Å². The molecule has 3 aromatic rings. The van der Waals surface area contributed by atoms with E-state index in [1.165, 1.54) is 10.4 Å². The third-order valence-corrected chi connectivity index (χ3v) is 6.23. The monoisotopic (exact) mass is 393 g/mol. The Morgan fingerprint density at radius 1 is 1.11 bits per heavy atom. The van der Waals surface area contributed by atoms with Crippen molar-refractivity contribution in [3.8, 4) is 5.69 Å². The molecule has 4 rings (SSSR count). The van der Waals surface area contributed by atoms with Crippen LogP contribution in [0, 0.1) is 6.92 Å². The Hall–Kier alpha value is -2.67. The van der Waals surface area contributed by atoms with Crippen LogP contribution in [0.1, 0.15) is 35.7 Å². The number of hydrogen-bond donors (Lipinski definition) is 0. The SMILES string of the molecule is Cc1ccnc(S[C@@H]2CC[C@@H](C)N(C(=O)c3ccccc3-n3nccn3)C2)c1. The van der Waals surface area contributed by atoms with Crippen molar-refractivity contribution in [1.29, 1.82) is 0 Å². The van der Waals surface area contributed by atoms with E-state index in [1.807, 2.05) is 41.4 Å². The molecule has 7 heteroatoms. The van der Waals surface area contributed by atoms with Crippen molar-refractivity contribution < 1.29 is 4.79 Å². The van der Waals surface area contributed by atoms with E-state index in [0.29, 0.717) is 23.0 Å². The smallest absolute Gasteiger partial charge is 0.256 e. The van der Waals surface area contributed by atoms with Gasteiger partial charge in [-0.2, -0.15) is 15.0 Å². The molecule has 28 heavy (non-hydrogen) atoms. The van der Waals surface area contributed by atoms with Gasteiger partial charge in [-0.15, -0.1) is 11.8 Å². The fourth-order valence-corrected chi connectivity index (χ4v) is 4.73. The highest BCUT2D eigenvalue weighted by atomic mass is 32.2. The lowest BCUT2D eigenvalue weighted by molar-refractivity contribution is 0.0641. The van der Waals surface area contributed by atoms with E-state index in [2.05, 4.69) is 35.1 Å². The molecule has 0 N–H and O–H groups in total. The molecule has 2 aromatic heterocycles. The molecule has 0 radical (unpaired) electrons. The molecule has 3 heterocycles. The Morgan fingerprint density at radius 2 is 1.89 bits per heavy atom. The van der Waals surface area contributed by atoms with E-state index in [-0.39, 0.29) is 11.9 Å². The van der Waals surface area contributed by atoms with E-state index in [0.717, 1.165) is 17.9 Å². The third kappa shape index (κ3) is 3.94. The number of carbonyl (C=O) groups is 1. The minimum absolute atomic E-state index is 0.0305. The number of rotatable bonds is 4. The normalized spacial score (nSPS) is 19.6. The number of benzene rings is 1. The predicted octanol–water partition coefficient (Wildman–Crippen LogP) is 3.76. The van der Waals surface area contributed by atoms with Gasteiger partial charge in [0.2, 0.25) is 0 Å². The first kappa shape index (κ1) is 18.7. The van der Waals surface area contributed by atoms with E-state index >= 15 is 0 Å². The maximum Gasteiger partial charge on any atom is 0.256 e. The lowest BCUT2D eigenvalue weighted by Crippen LogP contribution is -2.46. The minimum atomic E-state index is 0.0305. The van der Waals surface area contributed by atoms with Crippen LogP contribution in [0.3, 0.4) is 0 Å². The van der Waals surface area contributed by atoms with Crippen molar-refractivity contribution in [2.45, 2.75) is 43.0 Å². The van der Waals surface area contributed by atoms with Crippen LogP contribution in [-0.4, -0.2) is 48.6 Å². The number of aryl methyl sites for hydroxylation is 1. The van der Waals surface area contributed by atoms with Crippen molar-refractivity contribution in [1.82, 2.24) is 24.9 Å². The molecule has 0 unspecified atom stereocenters. The standard InChI is InChI=1S/C21H23N5OS/c1-15-9-10-22-20(13-15)28-17-8-7-16(2)25(14-17)21(27)18-5-3-4-6-19(18)26-23-11-12-24-26/h3-6,9-13,16-17H,7-8,14H2,1-2H3/t16-,17-/m1/s1. The number of pyridine rings is 1. The second-order valence-electron chi connectivity index (χ2n) is 7.13. The molecule has 1 fully saturated rings. The number of amides is 1. The van der Waals surface area contributed by atoms with Gasteiger partial charge in [0.05, 0.1) is 28.7 Å². The van der Waals surface area contributed by atoms with Gasteiger partial charge in [-0.25, -0.2) is 4.98 Å². The van der Waals surface area contributed by atoms with Crippen LogP contribution >= 0.6 is 11.8 Å². The number of piperidine rings is 1. The van der Waals surface area contributed by atoms with Gasteiger partial charge in [0.25, 0.3) is 5.91 Å². The number of likely N-dealkylation sites (tertiary alicyclic amines) is 1. The lowest BCUT2D eigenvalue weighted by atomic mass is 10.0. The van der Waals surface area contributed by atoms with Gasteiger partial charge in [-0.3, -0.25) is 4.79 Å². The molecule has 1 amide bonds. The Morgan fingerprint density at radius 3 is 2.68 bits per heavy atom. The molecule has 1 saturated heterocycles. The maximum absolute atomic E-state index is 13.4. The maximum atomic E-state index is 13.4. The number of hydrogen-bond acceptors (Lipinski definition) is 5. The van der Waals surface area contributed by atoms with Crippen LogP contribution in [-0.2, 0) is 0 Å². The molecule has 2 atom stereocenters. The average molecular weight is 394 g/mol. The zero-order valence-electron chi connectivity index (χ0n) is 16.0. The third-order valence-electron chi connectivity index (χ3n) is 5.05. The zero-order valence-corrected chi connectivity index (χ0v) is 16.8. The van der Waals surface area contributed by atoms with Gasteiger partial charge >= 0.3 is 0 Å². The van der Waals surface area contributed by atoms with Gasteiger partial charge in [-0.05, 0) is 56.5 Å². The average Bonchev–Trinajstić information content (AvgIpc) is 3.24. The lowest BCUT2D eigenvalue weighted by Gasteiger charge is -2.38. The summed E-state index contributed by atoms with van der Waals surface area (Å²) in [6, 6.07) is 11.8. The predicted molar refractivity (Wildman–Crippen MR) is 110 cm³/mol. The van der Waals surface area contributed by atoms with Crippen LogP contribution in [0.25, 0.3) is 5.69 Å². The van der Waals surface area contributed by atoms with Gasteiger partial charge in [0.15, 0.2) is 0 Å². The van der Waals surface area contributed by atoms with Crippen molar-refractivity contribution in [3.05, 3.63) is 66.1 Å². The second kappa shape index (κ2) is 8.14. The summed E-state index contributed by atoms with van der Waals surface area (Å²) in [6.45, 7) is 4.91. The summed E-state index contributed by atoms with van der Waals surface area (Å²) in [7, 11) is 0. The van der Waals surface area contributed by atoms with Crippen molar-refractivity contribution in [2.75, 3.05) is 6.54 Å². The first-order valence-electron chi connectivity index (χ1n) is 9.48. The summed E-state index contributed by atoms with van der Waals surface area (Å²) in [6.07, 6.45) is 7.14. The molecular weight excluding hydrogens is 370 g/mol. The van der Waals surface area contributed by atoms with Crippen molar-refractivity contribution in [3.63, 3.8) is 0 Å². The van der Waals surface area contributed by atoms with E-state index in [4.69, 9.17) is 0 Å². The Bertz CT molecular complexity index is 959. The van der Waals surface area contributed by atoms with Crippen LogP contribution in [0.15, 0.2) is 60.0 Å². The van der Waals surface area contributed by atoms with Crippen LogP contribution in [0.2, 0.25) is 0 Å². The first-order valence-corrected chi connectivity index (χ1v) is 10.4. The molecule has 0 aliphatic carbocycles. The topological polar surface area (TPSA) is 63.9 Å². The highest BCUT2D eigenvalue weighted by Crippen LogP contribution is 2.32. The van der Waals surface area contributed by atoms with E-state index in [1.54, 1.807) is 24.2 Å². The van der Waals surface area contributed by atoms with Gasteiger partial charge in [0.1, 0.15) is 0 Å². The van der Waals surface area contributed by atoms with Crippen LogP contribution in [0.4, 0.5) is 0 Å². The molecule has 0 spiro atoms. The molecule has 144 valence electrons. The Kier molecular flexibility index (Phi) is 5.43. The highest BCUT2D eigenvalue weighted by molar-refractivity contribution is 7.99. The molecule has 1 aromatic carbocycles. The van der Waals surface area contributed by atoms with Crippen LogP contribution in [0.5, 0.6) is 0 Å².